The summed E-state index contributed by atoms with van der Waals surface area (Å²) >= 11 is 0.881. The fourth-order valence-corrected chi connectivity index (χ4v) is 2.70. The Kier molecular flexibility index (Phi) is 5.70. The van der Waals surface area contributed by atoms with Crippen molar-refractivity contribution in [1.82, 2.24) is 0 Å². The molecular weight excluding hydrogens is 330 g/mol. The second-order valence-electron chi connectivity index (χ2n) is 4.82. The molecule has 0 spiro atoms. The third kappa shape index (κ3) is 4.20. The fourth-order valence-electron chi connectivity index (χ4n) is 1.93. The Morgan fingerprint density at radius 1 is 1.12 bits per heavy atom. The second-order valence-corrected chi connectivity index (χ2v) is 5.81. The summed E-state index contributed by atoms with van der Waals surface area (Å²) in [6.45, 7) is 1.96. The number of allylic oxidation sites excluding steroid dienone is 1. The van der Waals surface area contributed by atoms with Gasteiger partial charge in [0, 0.05) is 11.0 Å². The molecule has 1 aliphatic heterocycles. The van der Waals surface area contributed by atoms with Crippen molar-refractivity contribution in [2.75, 3.05) is 14.2 Å². The van der Waals surface area contributed by atoms with E-state index in [1.165, 1.54) is 14.2 Å². The van der Waals surface area contributed by atoms with E-state index in [-0.39, 0.29) is 11.3 Å². The van der Waals surface area contributed by atoms with E-state index in [1.54, 1.807) is 6.08 Å². The molecule has 1 aromatic carbocycles. The van der Waals surface area contributed by atoms with Gasteiger partial charge in [-0.15, -0.1) is 0 Å². The highest BCUT2D eigenvalue weighted by atomic mass is 32.2. The summed E-state index contributed by atoms with van der Waals surface area (Å²) < 4.78 is 9.22. The number of ether oxygens (including phenoxy) is 2. The van der Waals surface area contributed by atoms with E-state index < -0.39 is 17.2 Å². The molecular formula is C17H15NO5S. The maximum absolute atomic E-state index is 12.0. The Morgan fingerprint density at radius 2 is 1.79 bits per heavy atom. The minimum Gasteiger partial charge on any atom is -0.466 e. The molecule has 24 heavy (non-hydrogen) atoms. The van der Waals surface area contributed by atoms with E-state index >= 15 is 0 Å². The molecule has 7 heteroatoms. The number of methoxy groups -OCH3 is 2. The Hall–Kier alpha value is -2.67. The Labute approximate surface area is 143 Å². The number of aryl methyl sites for hydroxylation is 1. The lowest BCUT2D eigenvalue weighted by Gasteiger charge is -2.06. The molecule has 0 aromatic heterocycles. The second kappa shape index (κ2) is 7.74. The molecule has 0 atom stereocenters. The summed E-state index contributed by atoms with van der Waals surface area (Å²) in [7, 11) is 2.37. The summed E-state index contributed by atoms with van der Waals surface area (Å²) in [6, 6.07) is 7.61. The number of esters is 2. The predicted molar refractivity (Wildman–Crippen MR) is 91.7 cm³/mol. The number of benzene rings is 1. The summed E-state index contributed by atoms with van der Waals surface area (Å²) in [5.41, 5.74) is 1.92. The molecule has 2 rings (SSSR count). The van der Waals surface area contributed by atoms with E-state index in [4.69, 9.17) is 0 Å². The van der Waals surface area contributed by atoms with Gasteiger partial charge in [-0.25, -0.2) is 14.6 Å². The fraction of sp³-hybridized carbons (Fsp3) is 0.176. The van der Waals surface area contributed by atoms with E-state index in [9.17, 15) is 14.4 Å². The first-order valence-electron chi connectivity index (χ1n) is 6.92. The van der Waals surface area contributed by atoms with Gasteiger partial charge < -0.3 is 9.47 Å². The van der Waals surface area contributed by atoms with Crippen molar-refractivity contribution < 1.29 is 23.9 Å². The molecule has 0 radical (unpaired) electrons. The molecule has 0 saturated heterocycles. The Morgan fingerprint density at radius 3 is 2.38 bits per heavy atom. The van der Waals surface area contributed by atoms with Crippen molar-refractivity contribution in [3.05, 3.63) is 51.9 Å². The van der Waals surface area contributed by atoms with Gasteiger partial charge in [0.2, 0.25) is 0 Å². The minimum atomic E-state index is -0.774. The van der Waals surface area contributed by atoms with Crippen molar-refractivity contribution in [1.29, 1.82) is 0 Å². The monoisotopic (exact) mass is 345 g/mol. The van der Waals surface area contributed by atoms with Gasteiger partial charge in [-0.1, -0.05) is 29.8 Å². The summed E-state index contributed by atoms with van der Waals surface area (Å²) in [4.78, 5) is 39.5. The van der Waals surface area contributed by atoms with Gasteiger partial charge in [-0.2, -0.15) is 0 Å². The van der Waals surface area contributed by atoms with Crippen LogP contribution in [0, 0.1) is 6.92 Å². The van der Waals surface area contributed by atoms with Gasteiger partial charge in [0.15, 0.2) is 0 Å². The third-order valence-electron chi connectivity index (χ3n) is 3.13. The normalized spacial score (nSPS) is 16.1. The number of hydrogen-bond donors (Lipinski definition) is 0. The van der Waals surface area contributed by atoms with Crippen molar-refractivity contribution in [2.24, 2.45) is 4.99 Å². The van der Waals surface area contributed by atoms with E-state index in [2.05, 4.69) is 14.5 Å². The number of rotatable bonds is 4. The Bertz CT molecular complexity index is 775. The van der Waals surface area contributed by atoms with Crippen LogP contribution in [0.15, 0.2) is 45.8 Å². The highest BCUT2D eigenvalue weighted by molar-refractivity contribution is 8.18. The third-order valence-corrected chi connectivity index (χ3v) is 3.93. The van der Waals surface area contributed by atoms with Crippen LogP contribution >= 0.6 is 11.8 Å². The van der Waals surface area contributed by atoms with Crippen molar-refractivity contribution in [3.63, 3.8) is 0 Å². The summed E-state index contributed by atoms with van der Waals surface area (Å²) in [5.74, 6) is -1.51. The number of aliphatic imine (C=N–C) groups is 1. The van der Waals surface area contributed by atoms with E-state index in [0.29, 0.717) is 4.91 Å². The lowest BCUT2D eigenvalue weighted by molar-refractivity contribution is -0.138. The number of nitrogens with zero attached hydrogens (tertiary/aromatic N) is 1. The number of hydrogen-bond acceptors (Lipinski definition) is 6. The van der Waals surface area contributed by atoms with Crippen LogP contribution in [-0.2, 0) is 19.1 Å². The molecule has 1 aromatic rings. The van der Waals surface area contributed by atoms with Gasteiger partial charge in [0.25, 0.3) is 0 Å². The smallest absolute Gasteiger partial charge is 0.340 e. The highest BCUT2D eigenvalue weighted by Crippen LogP contribution is 2.32. The molecule has 1 heterocycles. The van der Waals surface area contributed by atoms with Crippen LogP contribution < -0.4 is 0 Å². The Balaban J connectivity index is 2.47. The van der Waals surface area contributed by atoms with Gasteiger partial charge >= 0.3 is 17.2 Å². The zero-order valence-corrected chi connectivity index (χ0v) is 14.2. The average molecular weight is 345 g/mol. The molecule has 1 amide bonds. The van der Waals surface area contributed by atoms with Crippen LogP contribution in [0.1, 0.15) is 11.1 Å². The molecule has 6 nitrogen and oxygen atoms in total. The van der Waals surface area contributed by atoms with E-state index in [0.717, 1.165) is 29.0 Å². The number of thioether (sulfide) groups is 1. The molecule has 0 aliphatic carbocycles. The van der Waals surface area contributed by atoms with Crippen LogP contribution in [0.4, 0.5) is 4.79 Å². The zero-order valence-electron chi connectivity index (χ0n) is 13.4. The molecule has 1 aliphatic rings. The topological polar surface area (TPSA) is 82.0 Å². The van der Waals surface area contributed by atoms with Crippen molar-refractivity contribution in [2.45, 2.75) is 6.92 Å². The van der Waals surface area contributed by atoms with Crippen molar-refractivity contribution in [3.8, 4) is 0 Å². The summed E-state index contributed by atoms with van der Waals surface area (Å²) in [6.07, 6.45) is 2.69. The number of carbonyl (C=O) groups excluding carboxylic acids is 3. The molecule has 0 bridgehead atoms. The summed E-state index contributed by atoms with van der Waals surface area (Å²) in [5, 5.41) is -0.469. The van der Waals surface area contributed by atoms with Gasteiger partial charge in [-0.05, 0) is 30.3 Å². The maximum atomic E-state index is 12.0. The first-order valence-corrected chi connectivity index (χ1v) is 7.74. The molecule has 124 valence electrons. The predicted octanol–water partition coefficient (Wildman–Crippen LogP) is 2.92. The number of carbonyl (C=O) groups is 3. The molecule has 0 fully saturated rings. The lowest BCUT2D eigenvalue weighted by Crippen LogP contribution is -2.16. The maximum Gasteiger partial charge on any atom is 0.340 e. The molecule has 0 unspecified atom stereocenters. The molecule has 0 N–H and O–H groups in total. The van der Waals surface area contributed by atoms with Gasteiger partial charge in [0.1, 0.15) is 0 Å². The van der Waals surface area contributed by atoms with Crippen LogP contribution in [0.25, 0.3) is 6.08 Å². The molecule has 0 saturated carbocycles. The zero-order chi connectivity index (χ0) is 17.7. The van der Waals surface area contributed by atoms with Gasteiger partial charge in [-0.3, -0.25) is 4.79 Å². The lowest BCUT2D eigenvalue weighted by atomic mass is 10.1. The minimum absolute atomic E-state index is 0.0998. The SMILES string of the molecule is COC(=O)/C=C(/C(=O)OC)C1=NC(=O)S/C1=C\c1ccc(C)cc1. The average Bonchev–Trinajstić information content (AvgIpc) is 2.93. The van der Waals surface area contributed by atoms with Gasteiger partial charge in [0.05, 0.1) is 25.5 Å². The standard InChI is InChI=1S/C17H15NO5S/c1-10-4-6-11(7-5-10)8-13-15(18-17(21)24-13)12(16(20)23-3)9-14(19)22-2/h4-9H,1-3H3/b12-9+,13-8-. The number of amides is 1. The largest absolute Gasteiger partial charge is 0.466 e. The van der Waals surface area contributed by atoms with Crippen molar-refractivity contribution >= 4 is 40.7 Å². The quantitative estimate of drug-likeness (QED) is 0.616. The van der Waals surface area contributed by atoms with Crippen LogP contribution in [0.2, 0.25) is 0 Å². The van der Waals surface area contributed by atoms with E-state index in [1.807, 2.05) is 31.2 Å². The highest BCUT2D eigenvalue weighted by Gasteiger charge is 2.29. The van der Waals surface area contributed by atoms with Crippen LogP contribution in [0.3, 0.4) is 0 Å². The first-order chi connectivity index (χ1) is 11.4. The van der Waals surface area contributed by atoms with Crippen LogP contribution in [-0.4, -0.2) is 37.1 Å². The first kappa shape index (κ1) is 17.7. The van der Waals surface area contributed by atoms with Crippen LogP contribution in [0.5, 0.6) is 0 Å².